The molecule has 0 radical (unpaired) electrons. The van der Waals surface area contributed by atoms with E-state index in [9.17, 15) is 4.79 Å². The van der Waals surface area contributed by atoms with Gasteiger partial charge in [0.2, 0.25) is 0 Å². The number of likely N-dealkylation sites (tertiary alicyclic amines) is 1. The Kier molecular flexibility index (Phi) is 9.65. The second-order valence-corrected chi connectivity index (χ2v) is 13.6. The number of ether oxygens (including phenoxy) is 1. The molecule has 3 atom stereocenters. The maximum atomic E-state index is 15.1. The Morgan fingerprint density at radius 3 is 2.57 bits per heavy atom. The highest BCUT2D eigenvalue weighted by Crippen LogP contribution is 2.52. The van der Waals surface area contributed by atoms with Crippen molar-refractivity contribution in [1.82, 2.24) is 19.8 Å². The summed E-state index contributed by atoms with van der Waals surface area (Å²) in [4.78, 5) is 22.4. The number of nitriles is 1. The van der Waals surface area contributed by atoms with Gasteiger partial charge in [0.1, 0.15) is 17.7 Å². The number of anilines is 1. The van der Waals surface area contributed by atoms with Crippen molar-refractivity contribution < 1.29 is 13.9 Å². The van der Waals surface area contributed by atoms with Crippen LogP contribution in [0.5, 0.6) is 0 Å². The lowest BCUT2D eigenvalue weighted by Crippen LogP contribution is -2.55. The summed E-state index contributed by atoms with van der Waals surface area (Å²) in [7, 11) is 1.61. The van der Waals surface area contributed by atoms with Crippen molar-refractivity contribution in [3.05, 3.63) is 83.2 Å². The lowest BCUT2D eigenvalue weighted by molar-refractivity contribution is 0.00160. The molecule has 3 aliphatic rings. The summed E-state index contributed by atoms with van der Waals surface area (Å²) in [5.41, 5.74) is 3.44. The number of benzene rings is 2. The summed E-state index contributed by atoms with van der Waals surface area (Å²) in [5.74, 6) is 1.77. The minimum atomic E-state index is -0.427. The van der Waals surface area contributed by atoms with Gasteiger partial charge in [-0.2, -0.15) is 5.26 Å². The first kappa shape index (κ1) is 32.1. The highest BCUT2D eigenvalue weighted by atomic mass is 19.1. The zero-order valence-electron chi connectivity index (χ0n) is 27.4. The molecular formula is C37H47FN6O2. The van der Waals surface area contributed by atoms with Crippen LogP contribution in [0.15, 0.2) is 54.7 Å². The van der Waals surface area contributed by atoms with E-state index in [0.29, 0.717) is 18.0 Å². The van der Waals surface area contributed by atoms with Gasteiger partial charge >= 0.3 is 6.09 Å². The van der Waals surface area contributed by atoms with E-state index < -0.39 is 11.5 Å². The number of imidazole rings is 1. The average Bonchev–Trinajstić information content (AvgIpc) is 3.67. The van der Waals surface area contributed by atoms with E-state index in [-0.39, 0.29) is 23.8 Å². The second kappa shape index (κ2) is 13.8. The topological polar surface area (TPSA) is 86.4 Å². The van der Waals surface area contributed by atoms with Gasteiger partial charge in [-0.15, -0.1) is 0 Å². The number of amides is 1. The number of rotatable bonds is 10. The predicted octanol–water partition coefficient (Wildman–Crippen LogP) is 6.08. The number of hydrogen-bond donors (Lipinski definition) is 1. The zero-order chi connectivity index (χ0) is 32.3. The summed E-state index contributed by atoms with van der Waals surface area (Å²) in [6.45, 7) is 9.97. The van der Waals surface area contributed by atoms with Gasteiger partial charge in [0.25, 0.3) is 0 Å². The van der Waals surface area contributed by atoms with Crippen LogP contribution in [-0.2, 0) is 23.1 Å². The summed E-state index contributed by atoms with van der Waals surface area (Å²) in [6, 6.07) is 17.3. The number of aromatic nitrogens is 2. The zero-order valence-corrected chi connectivity index (χ0v) is 27.4. The molecule has 3 heterocycles. The molecule has 3 aromatic rings. The van der Waals surface area contributed by atoms with Crippen LogP contribution in [0, 0.1) is 41.8 Å². The maximum absolute atomic E-state index is 15.1. The molecule has 2 aromatic carbocycles. The van der Waals surface area contributed by atoms with Crippen molar-refractivity contribution in [3.8, 4) is 6.07 Å². The van der Waals surface area contributed by atoms with Crippen molar-refractivity contribution in [1.29, 1.82) is 5.26 Å². The molecule has 244 valence electrons. The monoisotopic (exact) mass is 626 g/mol. The molecule has 0 spiro atoms. The van der Waals surface area contributed by atoms with E-state index in [1.165, 1.54) is 11.8 Å². The Morgan fingerprint density at radius 1 is 1.13 bits per heavy atom. The number of nitrogens with zero attached hydrogens (tertiary/aromatic N) is 5. The number of carbonyl (C=O) groups excluding carboxylic acids is 1. The summed E-state index contributed by atoms with van der Waals surface area (Å²) < 4.78 is 23.5. The van der Waals surface area contributed by atoms with Crippen molar-refractivity contribution >= 4 is 11.8 Å². The molecule has 46 heavy (non-hydrogen) atoms. The number of alkyl carbamates (subject to hydrolysis) is 1. The minimum absolute atomic E-state index is 0.0585. The predicted molar refractivity (Wildman–Crippen MR) is 177 cm³/mol. The Morgan fingerprint density at radius 2 is 1.89 bits per heavy atom. The second-order valence-electron chi connectivity index (χ2n) is 13.6. The largest absolute Gasteiger partial charge is 0.446 e. The highest BCUT2D eigenvalue weighted by Gasteiger charge is 2.53. The van der Waals surface area contributed by atoms with E-state index in [4.69, 9.17) is 15.0 Å². The molecule has 2 aliphatic heterocycles. The summed E-state index contributed by atoms with van der Waals surface area (Å²) >= 11 is 0. The molecule has 8 nitrogen and oxygen atoms in total. The van der Waals surface area contributed by atoms with Crippen LogP contribution in [0.1, 0.15) is 61.7 Å². The molecule has 1 saturated carbocycles. The lowest BCUT2D eigenvalue weighted by Gasteiger charge is -2.51. The van der Waals surface area contributed by atoms with Crippen LogP contribution < -0.4 is 10.2 Å². The van der Waals surface area contributed by atoms with E-state index in [1.54, 1.807) is 13.1 Å². The van der Waals surface area contributed by atoms with Crippen LogP contribution in [0.25, 0.3) is 0 Å². The van der Waals surface area contributed by atoms with Crippen LogP contribution in [0.3, 0.4) is 0 Å². The molecule has 1 N–H and O–H groups in total. The number of hydrogen-bond acceptors (Lipinski definition) is 6. The SMILES string of the molecule is CCc1nc(C)cn1C[C@](c1cccc(F)c1)(C1CCN(CC2CN(c3ccc(C#N)cc3)C2)CC1)[C@H]1CCC[C@@H]1OC(=O)NC. The van der Waals surface area contributed by atoms with Crippen molar-refractivity contribution in [2.75, 3.05) is 44.7 Å². The van der Waals surface area contributed by atoms with Gasteiger partial charge < -0.3 is 24.4 Å². The molecule has 1 aliphatic carbocycles. The fourth-order valence-electron chi connectivity index (χ4n) is 8.66. The maximum Gasteiger partial charge on any atom is 0.407 e. The third-order valence-electron chi connectivity index (χ3n) is 10.8. The molecule has 6 rings (SSSR count). The number of aryl methyl sites for hydroxylation is 2. The number of carbonyl (C=O) groups is 1. The summed E-state index contributed by atoms with van der Waals surface area (Å²) in [5, 5.41) is 11.8. The molecule has 1 aromatic heterocycles. The first-order valence-corrected chi connectivity index (χ1v) is 17.0. The number of piperidine rings is 1. The standard InChI is InChI=1S/C37H47FN6O2/c1-4-35-41-26(2)21-44(35)25-37(30-7-5-8-31(38)19-30,33-9-6-10-34(33)46-36(45)40-3)29-15-17-42(18-16-29)22-28-23-43(24-28)32-13-11-27(20-39)12-14-32/h5,7-8,11-14,19,21,28-29,33-34H,4,6,9-10,15-18,22-25H2,1-3H3,(H,40,45)/t33-,34-,37+/m0/s1. The van der Waals surface area contributed by atoms with E-state index in [1.807, 2.05) is 37.3 Å². The minimum Gasteiger partial charge on any atom is -0.446 e. The van der Waals surface area contributed by atoms with Gasteiger partial charge in [0.15, 0.2) is 0 Å². The molecule has 1 amide bonds. The molecule has 0 bridgehead atoms. The van der Waals surface area contributed by atoms with E-state index >= 15 is 4.39 Å². The van der Waals surface area contributed by atoms with E-state index in [0.717, 1.165) is 88.3 Å². The molecule has 0 unspecified atom stereocenters. The third-order valence-corrected chi connectivity index (χ3v) is 10.8. The fourth-order valence-corrected chi connectivity index (χ4v) is 8.66. The Labute approximate surface area is 272 Å². The van der Waals surface area contributed by atoms with Crippen LogP contribution in [-0.4, -0.2) is 66.4 Å². The summed E-state index contributed by atoms with van der Waals surface area (Å²) in [6.07, 6.45) is 7.04. The first-order chi connectivity index (χ1) is 22.3. The molecule has 9 heteroatoms. The molecule has 3 fully saturated rings. The lowest BCUT2D eigenvalue weighted by atomic mass is 9.58. The van der Waals surface area contributed by atoms with E-state index in [2.05, 4.69) is 44.9 Å². The average molecular weight is 627 g/mol. The van der Waals surface area contributed by atoms with Crippen molar-refractivity contribution in [3.63, 3.8) is 0 Å². The number of nitrogens with one attached hydrogen (secondary N) is 1. The molecular weight excluding hydrogens is 579 g/mol. The molecule has 2 saturated heterocycles. The third kappa shape index (κ3) is 6.50. The smallest absolute Gasteiger partial charge is 0.407 e. The fraction of sp³-hybridized carbons (Fsp3) is 0.541. The van der Waals surface area contributed by atoms with Gasteiger partial charge in [-0.3, -0.25) is 0 Å². The Balaban J connectivity index is 1.25. The van der Waals surface area contributed by atoms with Crippen LogP contribution >= 0.6 is 0 Å². The van der Waals surface area contributed by atoms with Crippen LogP contribution in [0.2, 0.25) is 0 Å². The normalized spacial score (nSPS) is 22.2. The Bertz CT molecular complexity index is 1540. The van der Waals surface area contributed by atoms with Gasteiger partial charge in [-0.05, 0) is 100.0 Å². The number of halogens is 1. The van der Waals surface area contributed by atoms with Crippen LogP contribution in [0.4, 0.5) is 14.9 Å². The Hall–Kier alpha value is -3.90. The van der Waals surface area contributed by atoms with Gasteiger partial charge in [-0.1, -0.05) is 19.1 Å². The quantitative estimate of drug-likeness (QED) is 0.294. The highest BCUT2D eigenvalue weighted by molar-refractivity contribution is 5.67. The first-order valence-electron chi connectivity index (χ1n) is 17.0. The van der Waals surface area contributed by atoms with Gasteiger partial charge in [0.05, 0.1) is 17.3 Å². The van der Waals surface area contributed by atoms with Crippen molar-refractivity contribution in [2.45, 2.75) is 70.4 Å². The van der Waals surface area contributed by atoms with Gasteiger partial charge in [0, 0.05) is 68.8 Å². The van der Waals surface area contributed by atoms with Gasteiger partial charge in [-0.25, -0.2) is 14.2 Å². The van der Waals surface area contributed by atoms with Crippen molar-refractivity contribution in [2.24, 2.45) is 17.8 Å².